The SMILES string of the molecule is Cn1c(=O)c(CN(CC2(C=O)CCCCC2)C2(C)CCNC2)cc2ccccc21. The summed E-state index contributed by atoms with van der Waals surface area (Å²) in [6, 6.07) is 10.1. The van der Waals surface area contributed by atoms with Crippen molar-refractivity contribution in [3.05, 3.63) is 46.2 Å². The van der Waals surface area contributed by atoms with Gasteiger partial charge in [-0.2, -0.15) is 0 Å². The van der Waals surface area contributed by atoms with Crippen LogP contribution in [-0.4, -0.2) is 40.9 Å². The lowest BCUT2D eigenvalue weighted by atomic mass is 9.74. The van der Waals surface area contributed by atoms with Crippen LogP contribution in [0.25, 0.3) is 10.9 Å². The second-order valence-corrected chi connectivity index (χ2v) is 9.41. The molecule has 0 radical (unpaired) electrons. The lowest BCUT2D eigenvalue weighted by Crippen LogP contribution is -2.53. The van der Waals surface area contributed by atoms with E-state index in [4.69, 9.17) is 0 Å². The topological polar surface area (TPSA) is 54.3 Å². The first kappa shape index (κ1) is 20.3. The first-order chi connectivity index (χ1) is 14.0. The summed E-state index contributed by atoms with van der Waals surface area (Å²) in [5.41, 5.74) is 1.53. The Balaban J connectivity index is 1.71. The number of nitrogens with zero attached hydrogens (tertiary/aromatic N) is 2. The second kappa shape index (κ2) is 8.04. The normalized spacial score (nSPS) is 24.2. The predicted molar refractivity (Wildman–Crippen MR) is 117 cm³/mol. The van der Waals surface area contributed by atoms with Crippen LogP contribution in [0.4, 0.5) is 0 Å². The minimum absolute atomic E-state index is 0.0376. The van der Waals surface area contributed by atoms with E-state index in [0.717, 1.165) is 68.2 Å². The molecule has 2 fully saturated rings. The lowest BCUT2D eigenvalue weighted by molar-refractivity contribution is -0.120. The van der Waals surface area contributed by atoms with Gasteiger partial charge >= 0.3 is 0 Å². The van der Waals surface area contributed by atoms with Gasteiger partial charge in [0.1, 0.15) is 6.29 Å². The molecule has 29 heavy (non-hydrogen) atoms. The fourth-order valence-corrected chi connectivity index (χ4v) is 5.27. The van der Waals surface area contributed by atoms with Gasteiger partial charge in [0.15, 0.2) is 0 Å². The molecule has 1 saturated heterocycles. The number of rotatable bonds is 6. The highest BCUT2D eigenvalue weighted by atomic mass is 16.1. The van der Waals surface area contributed by atoms with Gasteiger partial charge in [-0.15, -0.1) is 0 Å². The van der Waals surface area contributed by atoms with E-state index in [-0.39, 0.29) is 16.5 Å². The molecule has 1 aliphatic carbocycles. The van der Waals surface area contributed by atoms with Crippen molar-refractivity contribution in [2.75, 3.05) is 19.6 Å². The molecule has 5 heteroatoms. The number of aldehydes is 1. The number of carbonyl (C=O) groups excluding carboxylic acids is 1. The summed E-state index contributed by atoms with van der Waals surface area (Å²) in [7, 11) is 1.85. The third-order valence-corrected chi connectivity index (χ3v) is 7.28. The number of para-hydroxylation sites is 1. The van der Waals surface area contributed by atoms with E-state index in [1.54, 1.807) is 4.57 Å². The van der Waals surface area contributed by atoms with Crippen molar-refractivity contribution in [1.29, 1.82) is 0 Å². The summed E-state index contributed by atoms with van der Waals surface area (Å²) in [6.45, 7) is 5.49. The van der Waals surface area contributed by atoms with Crippen LogP contribution >= 0.6 is 0 Å². The van der Waals surface area contributed by atoms with Crippen LogP contribution in [0.2, 0.25) is 0 Å². The van der Waals surface area contributed by atoms with Gasteiger partial charge in [0.2, 0.25) is 0 Å². The molecule has 156 valence electrons. The fraction of sp³-hybridized carbons (Fsp3) is 0.583. The van der Waals surface area contributed by atoms with Gasteiger partial charge in [-0.05, 0) is 50.2 Å². The van der Waals surface area contributed by atoms with Gasteiger partial charge in [0.25, 0.3) is 5.56 Å². The van der Waals surface area contributed by atoms with Gasteiger partial charge in [-0.25, -0.2) is 0 Å². The predicted octanol–water partition coefficient (Wildman–Crippen LogP) is 3.24. The molecule has 5 nitrogen and oxygen atoms in total. The van der Waals surface area contributed by atoms with Gasteiger partial charge < -0.3 is 14.7 Å². The number of hydrogen-bond donors (Lipinski definition) is 1. The molecule has 0 amide bonds. The first-order valence-electron chi connectivity index (χ1n) is 11.0. The number of aromatic nitrogens is 1. The summed E-state index contributed by atoms with van der Waals surface area (Å²) in [6.07, 6.45) is 7.65. The molecular weight excluding hydrogens is 362 g/mol. The number of benzene rings is 1. The zero-order chi connectivity index (χ0) is 20.5. The highest BCUT2D eigenvalue weighted by Crippen LogP contribution is 2.38. The van der Waals surface area contributed by atoms with E-state index in [0.29, 0.717) is 6.54 Å². The van der Waals surface area contributed by atoms with Crippen LogP contribution < -0.4 is 10.9 Å². The molecule has 0 bridgehead atoms. The third kappa shape index (κ3) is 3.90. The van der Waals surface area contributed by atoms with Gasteiger partial charge in [0, 0.05) is 43.2 Å². The van der Waals surface area contributed by atoms with Gasteiger partial charge in [0.05, 0.1) is 5.52 Å². The minimum atomic E-state index is -0.272. The Morgan fingerprint density at radius 3 is 2.62 bits per heavy atom. The van der Waals surface area contributed by atoms with Crippen molar-refractivity contribution in [2.45, 2.75) is 57.5 Å². The van der Waals surface area contributed by atoms with Crippen molar-refractivity contribution in [3.63, 3.8) is 0 Å². The maximum absolute atomic E-state index is 13.1. The Morgan fingerprint density at radius 1 is 1.17 bits per heavy atom. The van der Waals surface area contributed by atoms with E-state index in [2.05, 4.69) is 23.2 Å². The maximum atomic E-state index is 13.1. The van der Waals surface area contributed by atoms with Crippen LogP contribution in [0.5, 0.6) is 0 Å². The van der Waals surface area contributed by atoms with Gasteiger partial charge in [-0.1, -0.05) is 37.5 Å². The Bertz CT molecular complexity index is 937. The number of carbonyl (C=O) groups is 1. The Hall–Kier alpha value is -1.98. The van der Waals surface area contributed by atoms with Crippen LogP contribution in [-0.2, 0) is 18.4 Å². The van der Waals surface area contributed by atoms with E-state index < -0.39 is 0 Å². The molecule has 1 aromatic heterocycles. The molecule has 2 aliphatic rings. The number of aryl methyl sites for hydroxylation is 1. The smallest absolute Gasteiger partial charge is 0.255 e. The zero-order valence-electron chi connectivity index (χ0n) is 17.7. The van der Waals surface area contributed by atoms with Crippen molar-refractivity contribution < 1.29 is 4.79 Å². The largest absolute Gasteiger partial charge is 0.315 e. The number of nitrogens with one attached hydrogen (secondary N) is 1. The third-order valence-electron chi connectivity index (χ3n) is 7.28. The van der Waals surface area contributed by atoms with E-state index in [1.165, 1.54) is 12.7 Å². The van der Waals surface area contributed by atoms with Crippen LogP contribution in [0, 0.1) is 5.41 Å². The maximum Gasteiger partial charge on any atom is 0.255 e. The average molecular weight is 396 g/mol. The molecule has 1 atom stereocenters. The first-order valence-corrected chi connectivity index (χ1v) is 11.0. The summed E-state index contributed by atoms with van der Waals surface area (Å²) in [5, 5.41) is 4.57. The molecular formula is C24H33N3O2. The van der Waals surface area contributed by atoms with Crippen molar-refractivity contribution >= 4 is 17.2 Å². The quantitative estimate of drug-likeness (QED) is 0.763. The molecule has 0 spiro atoms. The lowest BCUT2D eigenvalue weighted by Gasteiger charge is -2.44. The Morgan fingerprint density at radius 2 is 1.93 bits per heavy atom. The highest BCUT2D eigenvalue weighted by Gasteiger charge is 2.41. The van der Waals surface area contributed by atoms with E-state index in [1.807, 2.05) is 31.3 Å². The molecule has 2 heterocycles. The van der Waals surface area contributed by atoms with Crippen molar-refractivity contribution in [1.82, 2.24) is 14.8 Å². The van der Waals surface area contributed by atoms with Crippen LogP contribution in [0.3, 0.4) is 0 Å². The zero-order valence-corrected chi connectivity index (χ0v) is 17.7. The fourth-order valence-electron chi connectivity index (χ4n) is 5.27. The van der Waals surface area contributed by atoms with Crippen molar-refractivity contribution in [3.8, 4) is 0 Å². The summed E-state index contributed by atoms with van der Waals surface area (Å²) >= 11 is 0. The summed E-state index contributed by atoms with van der Waals surface area (Å²) in [5.74, 6) is 0. The number of pyridine rings is 1. The molecule has 4 rings (SSSR count). The average Bonchev–Trinajstić information content (AvgIpc) is 3.19. The Kier molecular flexibility index (Phi) is 5.63. The molecule has 1 N–H and O–H groups in total. The standard InChI is InChI=1S/C24H33N3O2/c1-23(12-13-25-16-23)27(17-24(18-28)10-6-3-7-11-24)15-20-14-19-8-4-5-9-21(19)26(2)22(20)29/h4-5,8-9,14,18,25H,3,6-7,10-13,15-17H2,1-2H3. The van der Waals surface area contributed by atoms with E-state index >= 15 is 0 Å². The molecule has 1 aromatic carbocycles. The minimum Gasteiger partial charge on any atom is -0.315 e. The van der Waals surface area contributed by atoms with Crippen molar-refractivity contribution in [2.24, 2.45) is 12.5 Å². The summed E-state index contributed by atoms with van der Waals surface area (Å²) < 4.78 is 1.76. The molecule has 1 unspecified atom stereocenters. The molecule has 1 aliphatic heterocycles. The number of fused-ring (bicyclic) bond motifs is 1. The van der Waals surface area contributed by atoms with Gasteiger partial charge in [-0.3, -0.25) is 9.69 Å². The highest BCUT2D eigenvalue weighted by molar-refractivity contribution is 5.79. The molecule has 2 aromatic rings. The number of hydrogen-bond acceptors (Lipinski definition) is 4. The second-order valence-electron chi connectivity index (χ2n) is 9.41. The summed E-state index contributed by atoms with van der Waals surface area (Å²) in [4.78, 5) is 27.7. The van der Waals surface area contributed by atoms with Crippen LogP contribution in [0.1, 0.15) is 51.0 Å². The molecule has 1 saturated carbocycles. The monoisotopic (exact) mass is 395 g/mol. The Labute approximate surface area is 173 Å². The van der Waals surface area contributed by atoms with E-state index in [9.17, 15) is 9.59 Å². The van der Waals surface area contributed by atoms with Crippen LogP contribution in [0.15, 0.2) is 35.1 Å².